The number of hydrogen-bond acceptors (Lipinski definition) is 4. The monoisotopic (exact) mass is 317 g/mol. The van der Waals surface area contributed by atoms with E-state index in [0.29, 0.717) is 13.1 Å². The molecule has 22 heavy (non-hydrogen) atoms. The molecule has 0 unspecified atom stereocenters. The van der Waals surface area contributed by atoms with Gasteiger partial charge >= 0.3 is 0 Å². The number of pyridine rings is 1. The van der Waals surface area contributed by atoms with E-state index in [0.717, 1.165) is 25.3 Å². The van der Waals surface area contributed by atoms with Gasteiger partial charge in [0.25, 0.3) is 11.5 Å². The van der Waals surface area contributed by atoms with E-state index in [2.05, 4.69) is 26.7 Å². The molecule has 0 bridgehead atoms. The third-order valence-corrected chi connectivity index (χ3v) is 4.66. The number of H-pyrrole nitrogens is 1. The van der Waals surface area contributed by atoms with Gasteiger partial charge < -0.3 is 9.88 Å². The summed E-state index contributed by atoms with van der Waals surface area (Å²) in [7, 11) is 0. The highest BCUT2D eigenvalue weighted by Gasteiger charge is 2.23. The van der Waals surface area contributed by atoms with Crippen molar-refractivity contribution >= 4 is 17.2 Å². The van der Waals surface area contributed by atoms with Gasteiger partial charge in [-0.05, 0) is 41.4 Å². The number of thiophene rings is 1. The summed E-state index contributed by atoms with van der Waals surface area (Å²) in [5.74, 6) is -0.170. The number of carbonyl (C=O) groups is 1. The van der Waals surface area contributed by atoms with E-state index in [1.54, 1.807) is 35.3 Å². The van der Waals surface area contributed by atoms with Crippen molar-refractivity contribution in [3.8, 4) is 0 Å². The first kappa shape index (κ1) is 15.0. The molecule has 6 heteroatoms. The average molecular weight is 317 g/mol. The maximum Gasteiger partial charge on any atom is 0.260 e. The molecule has 0 saturated carbocycles. The summed E-state index contributed by atoms with van der Waals surface area (Å²) in [6.07, 6.45) is 0. The van der Waals surface area contributed by atoms with Crippen molar-refractivity contribution in [1.82, 2.24) is 14.8 Å². The molecule has 3 heterocycles. The van der Waals surface area contributed by atoms with Gasteiger partial charge in [-0.3, -0.25) is 14.5 Å². The van der Waals surface area contributed by atoms with Crippen LogP contribution < -0.4 is 5.56 Å². The summed E-state index contributed by atoms with van der Waals surface area (Å²) in [4.78, 5) is 31.1. The van der Waals surface area contributed by atoms with Gasteiger partial charge in [-0.15, -0.1) is 0 Å². The molecule has 0 aliphatic carbocycles. The molecule has 0 radical (unpaired) electrons. The first-order valence-corrected chi connectivity index (χ1v) is 8.30. The highest BCUT2D eigenvalue weighted by molar-refractivity contribution is 7.07. The van der Waals surface area contributed by atoms with Gasteiger partial charge in [0.1, 0.15) is 5.56 Å². The number of nitrogens with zero attached hydrogens (tertiary/aromatic N) is 2. The molecule has 0 spiro atoms. The van der Waals surface area contributed by atoms with Crippen molar-refractivity contribution < 1.29 is 4.79 Å². The SMILES string of the molecule is Cc1ccc(C(=O)N2CCN(Cc3ccsc3)CC2)c(=O)[nH]1. The molecule has 5 nitrogen and oxygen atoms in total. The first-order valence-electron chi connectivity index (χ1n) is 7.36. The standard InChI is InChI=1S/C16H19N3O2S/c1-12-2-3-14(15(20)17-12)16(21)19-7-5-18(6-8-19)10-13-4-9-22-11-13/h2-4,9,11H,5-8,10H2,1H3,(H,17,20). The van der Waals surface area contributed by atoms with Crippen molar-refractivity contribution in [2.75, 3.05) is 26.2 Å². The topological polar surface area (TPSA) is 56.4 Å². The highest BCUT2D eigenvalue weighted by atomic mass is 32.1. The van der Waals surface area contributed by atoms with Crippen molar-refractivity contribution in [2.45, 2.75) is 13.5 Å². The van der Waals surface area contributed by atoms with Gasteiger partial charge in [0.15, 0.2) is 0 Å². The Kier molecular flexibility index (Phi) is 4.40. The van der Waals surface area contributed by atoms with Gasteiger partial charge in [-0.1, -0.05) is 0 Å². The molecule has 1 fully saturated rings. The summed E-state index contributed by atoms with van der Waals surface area (Å²) in [6.45, 7) is 5.73. The first-order chi connectivity index (χ1) is 10.6. The quantitative estimate of drug-likeness (QED) is 0.937. The maximum absolute atomic E-state index is 12.4. The van der Waals surface area contributed by atoms with Crippen LogP contribution >= 0.6 is 11.3 Å². The summed E-state index contributed by atoms with van der Waals surface area (Å²) in [5.41, 5.74) is 2.02. The molecular weight excluding hydrogens is 298 g/mol. The van der Waals surface area contributed by atoms with Crippen LogP contribution in [0, 0.1) is 6.92 Å². The molecular formula is C16H19N3O2S. The lowest BCUT2D eigenvalue weighted by atomic mass is 10.2. The largest absolute Gasteiger partial charge is 0.336 e. The molecule has 1 aliphatic heterocycles. The third kappa shape index (κ3) is 3.28. The van der Waals surface area contributed by atoms with Crippen LogP contribution in [0.1, 0.15) is 21.6 Å². The van der Waals surface area contributed by atoms with Crippen LogP contribution in [0.3, 0.4) is 0 Å². The van der Waals surface area contributed by atoms with Gasteiger partial charge in [0.2, 0.25) is 0 Å². The van der Waals surface area contributed by atoms with Gasteiger partial charge in [-0.25, -0.2) is 0 Å². The predicted octanol–water partition coefficient (Wildman–Crippen LogP) is 1.70. The van der Waals surface area contributed by atoms with Crippen LogP contribution in [-0.4, -0.2) is 46.9 Å². The Balaban J connectivity index is 1.61. The summed E-state index contributed by atoms with van der Waals surface area (Å²) in [6, 6.07) is 5.52. The van der Waals surface area contributed by atoms with Gasteiger partial charge in [0, 0.05) is 38.4 Å². The molecule has 1 aliphatic rings. The summed E-state index contributed by atoms with van der Waals surface area (Å²) < 4.78 is 0. The smallest absolute Gasteiger partial charge is 0.260 e. The molecule has 116 valence electrons. The zero-order chi connectivity index (χ0) is 15.5. The molecule has 2 aromatic rings. The second-order valence-electron chi connectivity index (χ2n) is 5.58. The van der Waals surface area contributed by atoms with Gasteiger partial charge in [-0.2, -0.15) is 11.3 Å². The van der Waals surface area contributed by atoms with Crippen LogP contribution in [0.15, 0.2) is 33.8 Å². The second kappa shape index (κ2) is 6.46. The van der Waals surface area contributed by atoms with Crippen LogP contribution in [0.25, 0.3) is 0 Å². The molecule has 3 rings (SSSR count). The lowest BCUT2D eigenvalue weighted by molar-refractivity contribution is 0.0627. The Morgan fingerprint density at radius 1 is 1.23 bits per heavy atom. The zero-order valence-electron chi connectivity index (χ0n) is 12.5. The van der Waals surface area contributed by atoms with Gasteiger partial charge in [0.05, 0.1) is 0 Å². The molecule has 1 amide bonds. The maximum atomic E-state index is 12.4. The molecule has 2 aromatic heterocycles. The molecule has 1 N–H and O–H groups in total. The summed E-state index contributed by atoms with van der Waals surface area (Å²) in [5, 5.41) is 4.24. The number of nitrogens with one attached hydrogen (secondary N) is 1. The number of carbonyl (C=O) groups excluding carboxylic acids is 1. The Morgan fingerprint density at radius 2 is 2.00 bits per heavy atom. The van der Waals surface area contributed by atoms with E-state index in [1.165, 1.54) is 5.56 Å². The second-order valence-corrected chi connectivity index (χ2v) is 6.36. The summed E-state index contributed by atoms with van der Waals surface area (Å²) >= 11 is 1.70. The normalized spacial score (nSPS) is 16.0. The lowest BCUT2D eigenvalue weighted by Crippen LogP contribution is -2.49. The Morgan fingerprint density at radius 3 is 2.64 bits per heavy atom. The molecule has 1 saturated heterocycles. The van der Waals surface area contributed by atoms with Crippen molar-refractivity contribution in [3.63, 3.8) is 0 Å². The minimum absolute atomic E-state index is 0.170. The van der Waals surface area contributed by atoms with Crippen LogP contribution in [0.5, 0.6) is 0 Å². The van der Waals surface area contributed by atoms with E-state index in [1.807, 2.05) is 0 Å². The molecule has 0 atom stereocenters. The fourth-order valence-corrected chi connectivity index (χ4v) is 3.32. The van der Waals surface area contributed by atoms with Crippen molar-refractivity contribution in [3.05, 3.63) is 56.1 Å². The average Bonchev–Trinajstić information content (AvgIpc) is 3.00. The van der Waals surface area contributed by atoms with E-state index >= 15 is 0 Å². The lowest BCUT2D eigenvalue weighted by Gasteiger charge is -2.34. The highest BCUT2D eigenvalue weighted by Crippen LogP contribution is 2.12. The van der Waals surface area contributed by atoms with Crippen LogP contribution in [0.4, 0.5) is 0 Å². The fourth-order valence-electron chi connectivity index (χ4n) is 2.66. The Hall–Kier alpha value is -1.92. The van der Waals surface area contributed by atoms with Crippen LogP contribution in [-0.2, 0) is 6.54 Å². The molecule has 0 aromatic carbocycles. The van der Waals surface area contributed by atoms with E-state index < -0.39 is 0 Å². The van der Waals surface area contributed by atoms with Crippen LogP contribution in [0.2, 0.25) is 0 Å². The van der Waals surface area contributed by atoms with E-state index in [4.69, 9.17) is 0 Å². The van der Waals surface area contributed by atoms with E-state index in [-0.39, 0.29) is 17.0 Å². The Bertz CT molecular complexity index is 700. The number of aromatic amines is 1. The Labute approximate surface area is 133 Å². The zero-order valence-corrected chi connectivity index (χ0v) is 13.4. The number of aromatic nitrogens is 1. The number of amides is 1. The number of hydrogen-bond donors (Lipinski definition) is 1. The predicted molar refractivity (Wildman–Crippen MR) is 87.3 cm³/mol. The number of rotatable bonds is 3. The minimum Gasteiger partial charge on any atom is -0.336 e. The van der Waals surface area contributed by atoms with Crippen molar-refractivity contribution in [1.29, 1.82) is 0 Å². The third-order valence-electron chi connectivity index (χ3n) is 3.93. The minimum atomic E-state index is -0.300. The number of aryl methyl sites for hydroxylation is 1. The van der Waals surface area contributed by atoms with Crippen molar-refractivity contribution in [2.24, 2.45) is 0 Å². The van der Waals surface area contributed by atoms with E-state index in [9.17, 15) is 9.59 Å². The number of piperazine rings is 1. The fraction of sp³-hybridized carbons (Fsp3) is 0.375.